The lowest BCUT2D eigenvalue weighted by Gasteiger charge is -2.35. The number of fused-ring (bicyclic) bond motifs is 3. The van der Waals surface area contributed by atoms with Crippen molar-refractivity contribution in [3.05, 3.63) is 137 Å². The van der Waals surface area contributed by atoms with Crippen molar-refractivity contribution in [3.8, 4) is 22.8 Å². The summed E-state index contributed by atoms with van der Waals surface area (Å²) in [6.07, 6.45) is 5.15. The Balaban J connectivity index is 1.68. The van der Waals surface area contributed by atoms with E-state index in [0.29, 0.717) is 5.92 Å². The van der Waals surface area contributed by atoms with E-state index in [-0.39, 0.29) is 5.41 Å². The Morgan fingerprint density at radius 3 is 2.05 bits per heavy atom. The zero-order valence-corrected chi connectivity index (χ0v) is 21.7. The molecule has 182 valence electrons. The third-order valence-electron chi connectivity index (χ3n) is 8.85. The summed E-state index contributed by atoms with van der Waals surface area (Å²) < 4.78 is 5.14. The molecule has 2 heteroatoms. The molecule has 0 N–H and O–H groups in total. The standard InChI is InChI=1S/C35H33N2/c1-25-15-9-13-23-31(25)36-26(2)33-35(29-20-10-11-21-29,28-18-7-4-8-19-28)30-22-12-14-24-32(30)37(33)34(36)27-16-5-3-6-17-27/h3-9,12-19,22-24,29H,10-11,20-21H2,1-2H3/q+1. The van der Waals surface area contributed by atoms with E-state index in [2.05, 4.69) is 132 Å². The first kappa shape index (κ1) is 22.3. The fourth-order valence-corrected chi connectivity index (χ4v) is 7.41. The summed E-state index contributed by atoms with van der Waals surface area (Å²) in [5.41, 5.74) is 10.6. The second-order valence-electron chi connectivity index (χ2n) is 10.8. The summed E-state index contributed by atoms with van der Waals surface area (Å²) in [7, 11) is 0. The van der Waals surface area contributed by atoms with Gasteiger partial charge in [-0.05, 0) is 61.1 Å². The molecule has 1 fully saturated rings. The number of nitrogens with zero attached hydrogens (tertiary/aromatic N) is 2. The zero-order valence-electron chi connectivity index (χ0n) is 21.7. The van der Waals surface area contributed by atoms with Crippen LogP contribution in [0.25, 0.3) is 22.8 Å². The number of imidazole rings is 1. The maximum atomic E-state index is 2.61. The number of benzene rings is 4. The van der Waals surface area contributed by atoms with Gasteiger partial charge in [-0.2, -0.15) is 9.13 Å². The van der Waals surface area contributed by atoms with E-state index in [1.54, 1.807) is 0 Å². The average molecular weight is 482 g/mol. The van der Waals surface area contributed by atoms with Crippen LogP contribution in [-0.4, -0.2) is 4.57 Å². The molecule has 37 heavy (non-hydrogen) atoms. The number of para-hydroxylation sites is 2. The Kier molecular flexibility index (Phi) is 5.18. The van der Waals surface area contributed by atoms with Gasteiger partial charge in [0.25, 0.3) is 5.82 Å². The lowest BCUT2D eigenvalue weighted by atomic mass is 9.63. The molecular formula is C35H33N2+. The predicted molar refractivity (Wildman–Crippen MR) is 150 cm³/mol. The Bertz CT molecular complexity index is 1590. The van der Waals surface area contributed by atoms with Crippen molar-refractivity contribution < 1.29 is 4.57 Å². The van der Waals surface area contributed by atoms with Crippen molar-refractivity contribution in [2.45, 2.75) is 44.9 Å². The number of hydrogen-bond acceptors (Lipinski definition) is 0. The van der Waals surface area contributed by atoms with Gasteiger partial charge in [-0.1, -0.05) is 97.8 Å². The molecule has 2 heterocycles. The van der Waals surface area contributed by atoms with Gasteiger partial charge in [-0.25, -0.2) is 0 Å². The fourth-order valence-electron chi connectivity index (χ4n) is 7.41. The van der Waals surface area contributed by atoms with Crippen LogP contribution in [0.5, 0.6) is 0 Å². The van der Waals surface area contributed by atoms with Crippen LogP contribution in [0.2, 0.25) is 0 Å². The lowest BCUT2D eigenvalue weighted by molar-refractivity contribution is -0.587. The first-order valence-electron chi connectivity index (χ1n) is 13.7. The smallest absolute Gasteiger partial charge is 0.192 e. The fraction of sp³-hybridized carbons (Fsp3) is 0.229. The van der Waals surface area contributed by atoms with E-state index < -0.39 is 0 Å². The van der Waals surface area contributed by atoms with Crippen molar-refractivity contribution >= 4 is 0 Å². The van der Waals surface area contributed by atoms with Gasteiger partial charge in [0.15, 0.2) is 11.4 Å². The van der Waals surface area contributed by atoms with Crippen LogP contribution in [0, 0.1) is 19.8 Å². The van der Waals surface area contributed by atoms with Crippen LogP contribution in [0.1, 0.15) is 53.8 Å². The molecule has 2 aliphatic rings. The molecule has 0 saturated heterocycles. The average Bonchev–Trinajstić information content (AvgIpc) is 3.65. The highest BCUT2D eigenvalue weighted by Gasteiger charge is 2.58. The van der Waals surface area contributed by atoms with Gasteiger partial charge in [0.05, 0.1) is 11.0 Å². The van der Waals surface area contributed by atoms with Crippen molar-refractivity contribution in [2.75, 3.05) is 0 Å². The summed E-state index contributed by atoms with van der Waals surface area (Å²) in [5.74, 6) is 1.81. The minimum absolute atomic E-state index is 0.171. The minimum atomic E-state index is -0.171. The molecule has 1 saturated carbocycles. The Hall–Kier alpha value is -3.91. The molecule has 5 aromatic rings. The largest absolute Gasteiger partial charge is 0.299 e. The van der Waals surface area contributed by atoms with Crippen LogP contribution >= 0.6 is 0 Å². The van der Waals surface area contributed by atoms with E-state index in [9.17, 15) is 0 Å². The van der Waals surface area contributed by atoms with Gasteiger partial charge in [0.2, 0.25) is 0 Å². The predicted octanol–water partition coefficient (Wildman–Crippen LogP) is 7.88. The summed E-state index contributed by atoms with van der Waals surface area (Å²) in [6, 6.07) is 40.3. The monoisotopic (exact) mass is 481 g/mol. The third kappa shape index (κ3) is 3.08. The number of rotatable bonds is 4. The van der Waals surface area contributed by atoms with Gasteiger partial charge in [-0.3, -0.25) is 0 Å². The molecule has 0 radical (unpaired) electrons. The number of aromatic nitrogens is 2. The molecule has 1 unspecified atom stereocenters. The van der Waals surface area contributed by atoms with Gasteiger partial charge in [0, 0.05) is 12.5 Å². The second-order valence-corrected chi connectivity index (χ2v) is 10.8. The van der Waals surface area contributed by atoms with Crippen molar-refractivity contribution in [1.82, 2.24) is 4.57 Å². The number of hydrogen-bond donors (Lipinski definition) is 0. The Labute approximate surface area is 219 Å². The third-order valence-corrected chi connectivity index (χ3v) is 8.85. The molecule has 2 nitrogen and oxygen atoms in total. The normalized spacial score (nSPS) is 18.6. The number of aryl methyl sites for hydroxylation is 1. The molecule has 7 rings (SSSR count). The van der Waals surface area contributed by atoms with Crippen molar-refractivity contribution in [2.24, 2.45) is 5.92 Å². The molecule has 0 amide bonds. The van der Waals surface area contributed by atoms with E-state index in [0.717, 1.165) is 0 Å². The van der Waals surface area contributed by atoms with Crippen LogP contribution in [0.3, 0.4) is 0 Å². The molecular weight excluding hydrogens is 448 g/mol. The van der Waals surface area contributed by atoms with E-state index in [1.165, 1.54) is 76.5 Å². The van der Waals surface area contributed by atoms with Crippen molar-refractivity contribution in [1.29, 1.82) is 0 Å². The van der Waals surface area contributed by atoms with Gasteiger partial charge >= 0.3 is 0 Å². The summed E-state index contributed by atoms with van der Waals surface area (Å²) in [4.78, 5) is 0. The highest BCUT2D eigenvalue weighted by Crippen LogP contribution is 2.56. The first-order chi connectivity index (χ1) is 18.2. The van der Waals surface area contributed by atoms with Gasteiger partial charge in [0.1, 0.15) is 11.4 Å². The molecule has 0 spiro atoms. The topological polar surface area (TPSA) is 8.81 Å². The van der Waals surface area contributed by atoms with Crippen LogP contribution < -0.4 is 4.57 Å². The summed E-state index contributed by atoms with van der Waals surface area (Å²) in [6.45, 7) is 4.58. The maximum absolute atomic E-state index is 2.61. The van der Waals surface area contributed by atoms with Crippen LogP contribution in [0.4, 0.5) is 0 Å². The SMILES string of the molecule is Cc1ccccc1-n1c(C)c2[n+](c1-c1ccccc1)-c1ccccc1C2(c1ccccc1)C1CCCC1. The molecule has 0 bridgehead atoms. The van der Waals surface area contributed by atoms with E-state index >= 15 is 0 Å². The molecule has 1 aromatic heterocycles. The highest BCUT2D eigenvalue weighted by molar-refractivity contribution is 5.66. The zero-order chi connectivity index (χ0) is 25.0. The first-order valence-corrected chi connectivity index (χ1v) is 13.7. The summed E-state index contributed by atoms with van der Waals surface area (Å²) in [5, 5.41) is 0. The molecule has 1 aliphatic heterocycles. The highest BCUT2D eigenvalue weighted by atomic mass is 15.2. The second kappa shape index (κ2) is 8.59. The quantitative estimate of drug-likeness (QED) is 0.231. The maximum Gasteiger partial charge on any atom is 0.299 e. The Morgan fingerprint density at radius 1 is 0.703 bits per heavy atom. The van der Waals surface area contributed by atoms with Crippen LogP contribution in [0.15, 0.2) is 109 Å². The van der Waals surface area contributed by atoms with Gasteiger partial charge in [-0.15, -0.1) is 0 Å². The molecule has 1 atom stereocenters. The summed E-state index contributed by atoms with van der Waals surface area (Å²) >= 11 is 0. The van der Waals surface area contributed by atoms with E-state index in [1.807, 2.05) is 0 Å². The Morgan fingerprint density at radius 2 is 1.32 bits per heavy atom. The van der Waals surface area contributed by atoms with E-state index in [4.69, 9.17) is 0 Å². The van der Waals surface area contributed by atoms with Gasteiger partial charge < -0.3 is 0 Å². The lowest BCUT2D eigenvalue weighted by Crippen LogP contribution is -2.40. The van der Waals surface area contributed by atoms with Crippen LogP contribution in [-0.2, 0) is 5.41 Å². The minimum Gasteiger partial charge on any atom is -0.192 e. The molecule has 1 aliphatic carbocycles. The molecule has 4 aromatic carbocycles. The van der Waals surface area contributed by atoms with Crippen molar-refractivity contribution in [3.63, 3.8) is 0 Å².